The van der Waals surface area contributed by atoms with Crippen LogP contribution in [0.15, 0.2) is 97.8 Å². The maximum Gasteiger partial charge on any atom is 0.323 e. The number of amides is 3. The minimum absolute atomic E-state index is 0.00880. The maximum atomic E-state index is 12.8. The topological polar surface area (TPSA) is 140 Å². The monoisotopic (exact) mass is 640 g/mol. The van der Waals surface area contributed by atoms with E-state index in [9.17, 15) is 18.0 Å². The SMILES string of the molecule is C=CN(c1ccc(NC(=O)Nc2ccc(C(=O)N3CCN(C)CC3)cc2)cc1)c1ccnc(Nc2ccc(CS(C)(=O)=O)cc2)n1. The highest BCUT2D eigenvalue weighted by Crippen LogP contribution is 2.27. The number of anilines is 6. The van der Waals surface area contributed by atoms with E-state index in [1.165, 1.54) is 6.26 Å². The van der Waals surface area contributed by atoms with E-state index in [0.717, 1.165) is 18.8 Å². The average molecular weight is 641 g/mol. The number of hydrogen-bond acceptors (Lipinski definition) is 9. The van der Waals surface area contributed by atoms with E-state index in [0.29, 0.717) is 53.0 Å². The number of piperazine rings is 1. The lowest BCUT2D eigenvalue weighted by atomic mass is 10.1. The molecule has 0 saturated carbocycles. The Kier molecular flexibility index (Phi) is 9.94. The van der Waals surface area contributed by atoms with Crippen LogP contribution in [0.1, 0.15) is 15.9 Å². The number of sulfone groups is 1. The molecule has 238 valence electrons. The molecule has 0 atom stereocenters. The Morgan fingerprint density at radius 1 is 0.870 bits per heavy atom. The van der Waals surface area contributed by atoms with Crippen molar-refractivity contribution in [3.63, 3.8) is 0 Å². The van der Waals surface area contributed by atoms with Crippen LogP contribution in [0.4, 0.5) is 39.3 Å². The van der Waals surface area contributed by atoms with Gasteiger partial charge in [0.1, 0.15) is 5.82 Å². The Balaban J connectivity index is 1.17. The van der Waals surface area contributed by atoms with Gasteiger partial charge in [-0.2, -0.15) is 4.98 Å². The lowest BCUT2D eigenvalue weighted by molar-refractivity contribution is 0.0664. The third-order valence-electron chi connectivity index (χ3n) is 7.29. The van der Waals surface area contributed by atoms with Crippen LogP contribution in [0.3, 0.4) is 0 Å². The summed E-state index contributed by atoms with van der Waals surface area (Å²) in [6, 6.07) is 22.4. The predicted molar refractivity (Wildman–Crippen MR) is 182 cm³/mol. The fourth-order valence-corrected chi connectivity index (χ4v) is 5.68. The molecular formula is C33H36N8O4S. The third-order valence-corrected chi connectivity index (χ3v) is 8.15. The lowest BCUT2D eigenvalue weighted by Gasteiger charge is -2.32. The molecular weight excluding hydrogens is 604 g/mol. The van der Waals surface area contributed by atoms with E-state index in [-0.39, 0.29) is 11.7 Å². The lowest BCUT2D eigenvalue weighted by Crippen LogP contribution is -2.47. The number of nitrogens with one attached hydrogen (secondary N) is 3. The largest absolute Gasteiger partial charge is 0.336 e. The summed E-state index contributed by atoms with van der Waals surface area (Å²) < 4.78 is 23.1. The molecule has 3 N–H and O–H groups in total. The summed E-state index contributed by atoms with van der Waals surface area (Å²) in [7, 11) is -1.07. The van der Waals surface area contributed by atoms with Crippen molar-refractivity contribution < 1.29 is 18.0 Å². The van der Waals surface area contributed by atoms with Crippen molar-refractivity contribution in [1.82, 2.24) is 19.8 Å². The van der Waals surface area contributed by atoms with Gasteiger partial charge < -0.3 is 30.7 Å². The van der Waals surface area contributed by atoms with Gasteiger partial charge >= 0.3 is 6.03 Å². The quantitative estimate of drug-likeness (QED) is 0.217. The van der Waals surface area contributed by atoms with Gasteiger partial charge in [0.2, 0.25) is 5.95 Å². The molecule has 12 nitrogen and oxygen atoms in total. The number of aromatic nitrogens is 2. The number of carbonyl (C=O) groups excluding carboxylic acids is 2. The van der Waals surface area contributed by atoms with Crippen molar-refractivity contribution in [2.75, 3.05) is 60.3 Å². The van der Waals surface area contributed by atoms with E-state index in [1.54, 1.807) is 84.0 Å². The van der Waals surface area contributed by atoms with Gasteiger partial charge in [0, 0.05) is 73.1 Å². The summed E-state index contributed by atoms with van der Waals surface area (Å²) in [5.41, 5.74) is 3.90. The van der Waals surface area contributed by atoms with Gasteiger partial charge in [-0.1, -0.05) is 18.7 Å². The Morgan fingerprint density at radius 3 is 2.04 bits per heavy atom. The molecule has 1 saturated heterocycles. The van der Waals surface area contributed by atoms with Crippen LogP contribution < -0.4 is 20.9 Å². The van der Waals surface area contributed by atoms with Crippen LogP contribution >= 0.6 is 0 Å². The summed E-state index contributed by atoms with van der Waals surface area (Å²) in [4.78, 5) is 40.1. The number of urea groups is 1. The van der Waals surface area contributed by atoms with E-state index in [2.05, 4.69) is 37.4 Å². The molecule has 5 rings (SSSR count). The van der Waals surface area contributed by atoms with Crippen LogP contribution in [0.5, 0.6) is 0 Å². The zero-order chi connectivity index (χ0) is 32.7. The highest BCUT2D eigenvalue weighted by molar-refractivity contribution is 7.89. The Morgan fingerprint density at radius 2 is 1.46 bits per heavy atom. The van der Waals surface area contributed by atoms with E-state index < -0.39 is 15.9 Å². The second kappa shape index (κ2) is 14.2. The van der Waals surface area contributed by atoms with Crippen LogP contribution in [0.2, 0.25) is 0 Å². The zero-order valence-corrected chi connectivity index (χ0v) is 26.5. The van der Waals surface area contributed by atoms with Gasteiger partial charge in [0.15, 0.2) is 9.84 Å². The molecule has 0 unspecified atom stereocenters. The molecule has 1 aliphatic heterocycles. The summed E-state index contributed by atoms with van der Waals surface area (Å²) in [5, 5.41) is 8.75. The first-order valence-electron chi connectivity index (χ1n) is 14.6. The van der Waals surface area contributed by atoms with Crippen LogP contribution in [-0.2, 0) is 15.6 Å². The van der Waals surface area contributed by atoms with Crippen molar-refractivity contribution in [3.05, 3.63) is 109 Å². The van der Waals surface area contributed by atoms with E-state index >= 15 is 0 Å². The number of hydrogen-bond donors (Lipinski definition) is 3. The molecule has 4 aromatic rings. The van der Waals surface area contributed by atoms with Gasteiger partial charge in [0.05, 0.1) is 5.75 Å². The Hall–Kier alpha value is -5.27. The average Bonchev–Trinajstić information content (AvgIpc) is 3.03. The Bertz CT molecular complexity index is 1790. The third kappa shape index (κ3) is 8.67. The van der Waals surface area contributed by atoms with Crippen molar-refractivity contribution in [3.8, 4) is 0 Å². The normalized spacial score (nSPS) is 13.5. The zero-order valence-electron chi connectivity index (χ0n) is 25.7. The summed E-state index contributed by atoms with van der Waals surface area (Å²) in [5.74, 6) is 0.882. The van der Waals surface area contributed by atoms with Gasteiger partial charge in [-0.05, 0) is 79.3 Å². The number of likely N-dealkylation sites (N-methyl/N-ethyl adjacent to an activating group) is 1. The van der Waals surface area contributed by atoms with Crippen LogP contribution in [0, 0.1) is 0 Å². The first-order valence-corrected chi connectivity index (χ1v) is 16.7. The predicted octanol–water partition coefficient (Wildman–Crippen LogP) is 5.08. The van der Waals surface area contributed by atoms with Gasteiger partial charge in [0.25, 0.3) is 5.91 Å². The molecule has 0 spiro atoms. The molecule has 0 radical (unpaired) electrons. The first-order chi connectivity index (χ1) is 22.1. The van der Waals surface area contributed by atoms with Gasteiger partial charge in [-0.15, -0.1) is 0 Å². The molecule has 3 aromatic carbocycles. The second-order valence-corrected chi connectivity index (χ2v) is 13.1. The molecule has 1 fully saturated rings. The molecule has 46 heavy (non-hydrogen) atoms. The van der Waals surface area contributed by atoms with Crippen molar-refractivity contribution in [1.29, 1.82) is 0 Å². The maximum absolute atomic E-state index is 12.8. The van der Waals surface area contributed by atoms with Crippen molar-refractivity contribution >= 4 is 56.3 Å². The molecule has 1 aliphatic rings. The number of carbonyl (C=O) groups is 2. The molecule has 3 amide bonds. The van der Waals surface area contributed by atoms with Gasteiger partial charge in [-0.3, -0.25) is 4.79 Å². The van der Waals surface area contributed by atoms with Crippen molar-refractivity contribution in [2.45, 2.75) is 5.75 Å². The van der Waals surface area contributed by atoms with Crippen LogP contribution in [-0.4, -0.2) is 79.6 Å². The molecule has 1 aromatic heterocycles. The molecule has 13 heteroatoms. The van der Waals surface area contributed by atoms with E-state index in [4.69, 9.17) is 0 Å². The standard InChI is InChI=1S/C33H36N8O4S/c1-4-41(30-17-18-34-32(38-30)35-26-9-5-24(6-10-26)23-46(3,44)45)29-15-13-28(14-16-29)37-33(43)36-27-11-7-25(8-12-27)31(42)40-21-19-39(2)20-22-40/h4-18H,1,19-23H2,2-3H3,(H,34,35,38)(H2,36,37,43). The number of benzene rings is 3. The Labute approximate surface area is 268 Å². The minimum atomic E-state index is -3.12. The van der Waals surface area contributed by atoms with E-state index in [1.807, 2.05) is 24.1 Å². The fraction of sp³-hybridized carbons (Fsp3) is 0.212. The highest BCUT2D eigenvalue weighted by Gasteiger charge is 2.20. The molecule has 0 bridgehead atoms. The minimum Gasteiger partial charge on any atom is -0.336 e. The van der Waals surface area contributed by atoms with Crippen molar-refractivity contribution in [2.24, 2.45) is 0 Å². The summed E-state index contributed by atoms with van der Waals surface area (Å²) >= 11 is 0. The molecule has 2 heterocycles. The molecule has 0 aliphatic carbocycles. The highest BCUT2D eigenvalue weighted by atomic mass is 32.2. The number of rotatable bonds is 10. The second-order valence-electron chi connectivity index (χ2n) is 11.0. The van der Waals surface area contributed by atoms with Gasteiger partial charge in [-0.25, -0.2) is 18.2 Å². The number of nitrogens with zero attached hydrogens (tertiary/aromatic N) is 5. The fourth-order valence-electron chi connectivity index (χ4n) is 4.88. The first kappa shape index (κ1) is 32.1. The summed E-state index contributed by atoms with van der Waals surface area (Å²) in [6.07, 6.45) is 4.44. The smallest absolute Gasteiger partial charge is 0.323 e. The summed E-state index contributed by atoms with van der Waals surface area (Å²) in [6.45, 7) is 7.03. The van der Waals surface area contributed by atoms with Crippen LogP contribution in [0.25, 0.3) is 0 Å².